The summed E-state index contributed by atoms with van der Waals surface area (Å²) in [5.74, 6) is 0. The van der Waals surface area contributed by atoms with Crippen LogP contribution in [0.5, 0.6) is 0 Å². The zero-order chi connectivity index (χ0) is 11.5. The minimum absolute atomic E-state index is 0.713. The van der Waals surface area contributed by atoms with Crippen LogP contribution in [0.15, 0.2) is 9.98 Å². The second kappa shape index (κ2) is 5.47. The van der Waals surface area contributed by atoms with Crippen LogP contribution in [0.4, 0.5) is 5.13 Å². The fraction of sp³-hybridized carbons (Fsp3) is 0.727. The van der Waals surface area contributed by atoms with Gasteiger partial charge in [0.05, 0.1) is 0 Å². The van der Waals surface area contributed by atoms with E-state index in [2.05, 4.69) is 49.9 Å². The first-order chi connectivity index (χ1) is 7.70. The quantitative estimate of drug-likeness (QED) is 0.856. The number of rotatable bonds is 3. The number of thiazole rings is 1. The van der Waals surface area contributed by atoms with Gasteiger partial charge in [0, 0.05) is 37.6 Å². The molecule has 0 bridgehead atoms. The lowest BCUT2D eigenvalue weighted by Gasteiger charge is -2.37. The summed E-state index contributed by atoms with van der Waals surface area (Å²) in [5.41, 5.74) is 0. The Kier molecular flexibility index (Phi) is 4.21. The van der Waals surface area contributed by atoms with Crippen LogP contribution in [-0.2, 0) is 0 Å². The molecular formula is C11H18BrN3S. The van der Waals surface area contributed by atoms with Gasteiger partial charge in [0.2, 0.25) is 0 Å². The van der Waals surface area contributed by atoms with Gasteiger partial charge < -0.3 is 4.90 Å². The Morgan fingerprint density at radius 3 is 2.62 bits per heavy atom. The first kappa shape index (κ1) is 12.3. The van der Waals surface area contributed by atoms with Gasteiger partial charge >= 0.3 is 0 Å². The molecule has 16 heavy (non-hydrogen) atoms. The third-order valence-electron chi connectivity index (χ3n) is 3.26. The summed E-state index contributed by atoms with van der Waals surface area (Å²) in [5, 5.41) is 3.20. The molecule has 1 aliphatic heterocycles. The van der Waals surface area contributed by atoms with Crippen molar-refractivity contribution in [3.05, 3.63) is 9.98 Å². The molecule has 1 aromatic rings. The van der Waals surface area contributed by atoms with E-state index in [4.69, 9.17) is 0 Å². The van der Waals surface area contributed by atoms with Crippen LogP contribution in [0.25, 0.3) is 0 Å². The molecule has 1 saturated heterocycles. The topological polar surface area (TPSA) is 19.4 Å². The standard InChI is InChI=1S/C11H18BrN3S/c1-3-9(2)14-4-6-15(7-5-14)11-13-10(12)8-16-11/h8-9H,3-7H2,1-2H3. The molecule has 1 aromatic heterocycles. The second-order valence-corrected chi connectivity index (χ2v) is 5.88. The van der Waals surface area contributed by atoms with Crippen LogP contribution in [0.1, 0.15) is 20.3 Å². The van der Waals surface area contributed by atoms with E-state index >= 15 is 0 Å². The zero-order valence-electron chi connectivity index (χ0n) is 9.82. The zero-order valence-corrected chi connectivity index (χ0v) is 12.2. The summed E-state index contributed by atoms with van der Waals surface area (Å²) in [6.45, 7) is 9.09. The molecule has 0 amide bonds. The lowest BCUT2D eigenvalue weighted by Crippen LogP contribution is -2.49. The van der Waals surface area contributed by atoms with Gasteiger partial charge in [-0.3, -0.25) is 4.90 Å². The molecule has 2 rings (SSSR count). The third-order valence-corrected chi connectivity index (χ3v) is 4.87. The minimum atomic E-state index is 0.713. The van der Waals surface area contributed by atoms with E-state index in [0.29, 0.717) is 6.04 Å². The number of hydrogen-bond acceptors (Lipinski definition) is 4. The highest BCUT2D eigenvalue weighted by Gasteiger charge is 2.21. The summed E-state index contributed by atoms with van der Waals surface area (Å²) >= 11 is 5.13. The lowest BCUT2D eigenvalue weighted by atomic mass is 10.2. The van der Waals surface area contributed by atoms with E-state index in [1.165, 1.54) is 6.42 Å². The Balaban J connectivity index is 1.90. The highest BCUT2D eigenvalue weighted by Crippen LogP contribution is 2.24. The van der Waals surface area contributed by atoms with Gasteiger partial charge in [-0.15, -0.1) is 11.3 Å². The highest BCUT2D eigenvalue weighted by molar-refractivity contribution is 9.10. The van der Waals surface area contributed by atoms with Crippen LogP contribution in [0, 0.1) is 0 Å². The van der Waals surface area contributed by atoms with Crippen molar-refractivity contribution in [1.29, 1.82) is 0 Å². The van der Waals surface area contributed by atoms with Crippen LogP contribution >= 0.6 is 27.3 Å². The van der Waals surface area contributed by atoms with Gasteiger partial charge in [-0.2, -0.15) is 0 Å². The fourth-order valence-corrected chi connectivity index (χ4v) is 3.31. The molecule has 1 aliphatic rings. The van der Waals surface area contributed by atoms with Gasteiger partial charge in [0.25, 0.3) is 0 Å². The van der Waals surface area contributed by atoms with Crippen molar-refractivity contribution in [1.82, 2.24) is 9.88 Å². The molecule has 0 saturated carbocycles. The monoisotopic (exact) mass is 303 g/mol. The van der Waals surface area contributed by atoms with E-state index in [0.717, 1.165) is 35.9 Å². The molecule has 0 N–H and O–H groups in total. The van der Waals surface area contributed by atoms with Crippen molar-refractivity contribution in [2.45, 2.75) is 26.3 Å². The number of hydrogen-bond donors (Lipinski definition) is 0. The van der Waals surface area contributed by atoms with Gasteiger partial charge in [-0.05, 0) is 29.3 Å². The van der Waals surface area contributed by atoms with Crippen LogP contribution in [0.2, 0.25) is 0 Å². The number of anilines is 1. The summed E-state index contributed by atoms with van der Waals surface area (Å²) in [4.78, 5) is 9.42. The maximum Gasteiger partial charge on any atom is 0.186 e. The predicted octanol–water partition coefficient (Wildman–Crippen LogP) is 2.83. The summed E-state index contributed by atoms with van der Waals surface area (Å²) < 4.78 is 0.955. The normalized spacial score (nSPS) is 20.1. The van der Waals surface area contributed by atoms with E-state index < -0.39 is 0 Å². The van der Waals surface area contributed by atoms with E-state index in [-0.39, 0.29) is 0 Å². The molecule has 1 atom stereocenters. The van der Waals surface area contributed by atoms with Crippen molar-refractivity contribution in [3.63, 3.8) is 0 Å². The number of piperazine rings is 1. The van der Waals surface area contributed by atoms with Gasteiger partial charge in [0.15, 0.2) is 5.13 Å². The average molecular weight is 304 g/mol. The Labute approximate surface area is 110 Å². The van der Waals surface area contributed by atoms with Crippen molar-refractivity contribution >= 4 is 32.4 Å². The van der Waals surface area contributed by atoms with Crippen molar-refractivity contribution in [2.75, 3.05) is 31.1 Å². The second-order valence-electron chi connectivity index (χ2n) is 4.23. The molecule has 0 aliphatic carbocycles. The van der Waals surface area contributed by atoms with Crippen LogP contribution < -0.4 is 4.90 Å². The molecule has 2 heterocycles. The highest BCUT2D eigenvalue weighted by atomic mass is 79.9. The third kappa shape index (κ3) is 2.76. The average Bonchev–Trinajstić information content (AvgIpc) is 2.75. The maximum atomic E-state index is 4.47. The number of halogens is 1. The summed E-state index contributed by atoms with van der Waals surface area (Å²) in [7, 11) is 0. The molecule has 3 nitrogen and oxygen atoms in total. The molecule has 90 valence electrons. The van der Waals surface area contributed by atoms with Gasteiger partial charge in [0.1, 0.15) is 4.60 Å². The Hall–Kier alpha value is -0.130. The van der Waals surface area contributed by atoms with E-state index in [9.17, 15) is 0 Å². The largest absolute Gasteiger partial charge is 0.345 e. The van der Waals surface area contributed by atoms with Gasteiger partial charge in [-0.25, -0.2) is 4.98 Å². The molecular weight excluding hydrogens is 286 g/mol. The van der Waals surface area contributed by atoms with Crippen molar-refractivity contribution < 1.29 is 0 Å². The number of aromatic nitrogens is 1. The van der Waals surface area contributed by atoms with Gasteiger partial charge in [-0.1, -0.05) is 6.92 Å². The first-order valence-corrected chi connectivity index (χ1v) is 7.48. The fourth-order valence-electron chi connectivity index (χ4n) is 2.00. The summed E-state index contributed by atoms with van der Waals surface area (Å²) in [6, 6.07) is 0.713. The molecule has 5 heteroatoms. The first-order valence-electron chi connectivity index (χ1n) is 5.80. The maximum absolute atomic E-state index is 4.47. The van der Waals surface area contributed by atoms with Crippen molar-refractivity contribution in [2.24, 2.45) is 0 Å². The Morgan fingerprint density at radius 2 is 2.12 bits per heavy atom. The Bertz CT molecular complexity index is 334. The molecule has 0 aromatic carbocycles. The predicted molar refractivity (Wildman–Crippen MR) is 73.4 cm³/mol. The van der Waals surface area contributed by atoms with Crippen molar-refractivity contribution in [3.8, 4) is 0 Å². The number of nitrogens with zero attached hydrogens (tertiary/aromatic N) is 3. The molecule has 0 radical (unpaired) electrons. The van der Waals surface area contributed by atoms with E-state index in [1.54, 1.807) is 11.3 Å². The van der Waals surface area contributed by atoms with Crippen LogP contribution in [0.3, 0.4) is 0 Å². The van der Waals surface area contributed by atoms with E-state index in [1.807, 2.05) is 0 Å². The lowest BCUT2D eigenvalue weighted by molar-refractivity contribution is 0.193. The molecule has 0 spiro atoms. The SMILES string of the molecule is CCC(C)N1CCN(c2nc(Br)cs2)CC1. The van der Waals surface area contributed by atoms with Crippen LogP contribution in [-0.4, -0.2) is 42.1 Å². The summed E-state index contributed by atoms with van der Waals surface area (Å²) in [6.07, 6.45) is 1.24. The Morgan fingerprint density at radius 1 is 1.44 bits per heavy atom. The smallest absolute Gasteiger partial charge is 0.186 e. The molecule has 1 fully saturated rings. The minimum Gasteiger partial charge on any atom is -0.345 e. The molecule has 1 unspecified atom stereocenters.